The van der Waals surface area contributed by atoms with Crippen molar-refractivity contribution in [3.8, 4) is 0 Å². The number of anilines is 1. The summed E-state index contributed by atoms with van der Waals surface area (Å²) < 4.78 is 5.01. The molecule has 0 atom stereocenters. The van der Waals surface area contributed by atoms with Crippen LogP contribution in [0.5, 0.6) is 0 Å². The molecule has 0 fully saturated rings. The minimum Gasteiger partial charge on any atom is -0.445 e. The molecule has 2 rings (SSSR count). The van der Waals surface area contributed by atoms with Crippen molar-refractivity contribution in [1.82, 2.24) is 4.90 Å². The van der Waals surface area contributed by atoms with E-state index in [9.17, 15) is 4.79 Å². The van der Waals surface area contributed by atoms with Gasteiger partial charge in [-0.1, -0.05) is 18.7 Å². The molecule has 2 N–H and O–H groups in total. The zero-order valence-electron chi connectivity index (χ0n) is 9.69. The van der Waals surface area contributed by atoms with Crippen LogP contribution in [0.1, 0.15) is 11.1 Å². The molecule has 4 heteroatoms. The van der Waals surface area contributed by atoms with E-state index in [-0.39, 0.29) is 12.7 Å². The Morgan fingerprint density at radius 1 is 1.53 bits per heavy atom. The maximum atomic E-state index is 11.7. The van der Waals surface area contributed by atoms with Crippen LogP contribution in [0.25, 0.3) is 0 Å². The summed E-state index contributed by atoms with van der Waals surface area (Å²) in [6, 6.07) is 5.84. The molecular formula is C13H16N2O2. The standard InChI is InChI=1S/C13H16N2O2/c1-2-7-17-13(16)15-6-5-10-3-4-12(14)8-11(10)9-15/h2-4,8H,1,5-7,9,14H2. The van der Waals surface area contributed by atoms with Gasteiger partial charge < -0.3 is 15.4 Å². The van der Waals surface area contributed by atoms with Gasteiger partial charge >= 0.3 is 6.09 Å². The monoisotopic (exact) mass is 232 g/mol. The highest BCUT2D eigenvalue weighted by molar-refractivity contribution is 5.68. The van der Waals surface area contributed by atoms with Gasteiger partial charge in [-0.3, -0.25) is 0 Å². The van der Waals surface area contributed by atoms with Crippen LogP contribution in [-0.4, -0.2) is 24.1 Å². The lowest BCUT2D eigenvalue weighted by molar-refractivity contribution is 0.108. The summed E-state index contributed by atoms with van der Waals surface area (Å²) in [5.41, 5.74) is 8.82. The smallest absolute Gasteiger partial charge is 0.410 e. The van der Waals surface area contributed by atoms with Crippen molar-refractivity contribution in [1.29, 1.82) is 0 Å². The third-order valence-electron chi connectivity index (χ3n) is 2.83. The van der Waals surface area contributed by atoms with E-state index in [1.54, 1.807) is 11.0 Å². The molecule has 1 aromatic rings. The minimum absolute atomic E-state index is 0.249. The normalized spacial score (nSPS) is 14.0. The molecular weight excluding hydrogens is 216 g/mol. The van der Waals surface area contributed by atoms with Gasteiger partial charge in [-0.2, -0.15) is 0 Å². The van der Waals surface area contributed by atoms with Gasteiger partial charge in [-0.25, -0.2) is 4.79 Å². The van der Waals surface area contributed by atoms with Crippen LogP contribution in [0.2, 0.25) is 0 Å². The van der Waals surface area contributed by atoms with Gasteiger partial charge in [0.1, 0.15) is 6.61 Å². The number of nitrogen functional groups attached to an aromatic ring is 1. The van der Waals surface area contributed by atoms with E-state index in [1.807, 2.05) is 18.2 Å². The molecule has 0 saturated heterocycles. The number of fused-ring (bicyclic) bond motifs is 1. The second-order valence-corrected chi connectivity index (χ2v) is 4.07. The molecule has 1 aromatic carbocycles. The summed E-state index contributed by atoms with van der Waals surface area (Å²) >= 11 is 0. The second-order valence-electron chi connectivity index (χ2n) is 4.07. The topological polar surface area (TPSA) is 55.6 Å². The van der Waals surface area contributed by atoms with Crippen LogP contribution in [0.4, 0.5) is 10.5 Å². The highest BCUT2D eigenvalue weighted by Crippen LogP contribution is 2.21. The Hall–Kier alpha value is -1.97. The largest absolute Gasteiger partial charge is 0.445 e. The van der Waals surface area contributed by atoms with Gasteiger partial charge in [0.15, 0.2) is 0 Å². The lowest BCUT2D eigenvalue weighted by Crippen LogP contribution is -2.36. The first-order valence-corrected chi connectivity index (χ1v) is 5.60. The van der Waals surface area contributed by atoms with Crippen molar-refractivity contribution in [2.24, 2.45) is 0 Å². The summed E-state index contributed by atoms with van der Waals surface area (Å²) in [7, 11) is 0. The first kappa shape index (κ1) is 11.5. The Kier molecular flexibility index (Phi) is 3.32. The maximum absolute atomic E-state index is 11.7. The van der Waals surface area contributed by atoms with Crippen LogP contribution < -0.4 is 5.73 Å². The highest BCUT2D eigenvalue weighted by atomic mass is 16.6. The molecule has 0 aromatic heterocycles. The molecule has 17 heavy (non-hydrogen) atoms. The lowest BCUT2D eigenvalue weighted by Gasteiger charge is -2.28. The fraction of sp³-hybridized carbons (Fsp3) is 0.308. The second kappa shape index (κ2) is 4.91. The van der Waals surface area contributed by atoms with Gasteiger partial charge in [-0.15, -0.1) is 0 Å². The van der Waals surface area contributed by atoms with Crippen molar-refractivity contribution in [2.75, 3.05) is 18.9 Å². The number of nitrogens with zero attached hydrogens (tertiary/aromatic N) is 1. The van der Waals surface area contributed by atoms with Gasteiger partial charge in [-0.05, 0) is 29.7 Å². The van der Waals surface area contributed by atoms with E-state index in [2.05, 4.69) is 6.58 Å². The Labute approximate surface area is 101 Å². The SMILES string of the molecule is C=CCOC(=O)N1CCc2ccc(N)cc2C1. The van der Waals surface area contributed by atoms with Gasteiger partial charge in [0.2, 0.25) is 0 Å². The number of hydrogen-bond donors (Lipinski definition) is 1. The van der Waals surface area contributed by atoms with Crippen LogP contribution in [0, 0.1) is 0 Å². The molecule has 0 radical (unpaired) electrons. The highest BCUT2D eigenvalue weighted by Gasteiger charge is 2.21. The average molecular weight is 232 g/mol. The minimum atomic E-state index is -0.294. The van der Waals surface area contributed by atoms with Crippen molar-refractivity contribution in [2.45, 2.75) is 13.0 Å². The summed E-state index contributed by atoms with van der Waals surface area (Å²) in [5, 5.41) is 0. The Balaban J connectivity index is 2.07. The van der Waals surface area contributed by atoms with Crippen molar-refractivity contribution in [3.63, 3.8) is 0 Å². The number of nitrogens with two attached hydrogens (primary N) is 1. The van der Waals surface area contributed by atoms with Crippen molar-refractivity contribution >= 4 is 11.8 Å². The third kappa shape index (κ3) is 2.58. The zero-order valence-corrected chi connectivity index (χ0v) is 9.69. The number of hydrogen-bond acceptors (Lipinski definition) is 3. The quantitative estimate of drug-likeness (QED) is 0.626. The molecule has 1 aliphatic heterocycles. The number of ether oxygens (including phenoxy) is 1. The summed E-state index contributed by atoms with van der Waals surface area (Å²) in [6.45, 7) is 5.02. The van der Waals surface area contributed by atoms with Crippen LogP contribution in [-0.2, 0) is 17.7 Å². The molecule has 1 heterocycles. The molecule has 0 aliphatic carbocycles. The first-order valence-electron chi connectivity index (χ1n) is 5.60. The molecule has 0 saturated carbocycles. The molecule has 0 bridgehead atoms. The van der Waals surface area contributed by atoms with E-state index in [4.69, 9.17) is 10.5 Å². The molecule has 90 valence electrons. The fourth-order valence-electron chi connectivity index (χ4n) is 1.95. The average Bonchev–Trinajstić information content (AvgIpc) is 2.35. The predicted molar refractivity (Wildman–Crippen MR) is 66.5 cm³/mol. The number of carbonyl (C=O) groups excluding carboxylic acids is 1. The van der Waals surface area contributed by atoms with Crippen molar-refractivity contribution < 1.29 is 9.53 Å². The molecule has 1 amide bonds. The first-order chi connectivity index (χ1) is 8.20. The van der Waals surface area contributed by atoms with E-state index >= 15 is 0 Å². The van der Waals surface area contributed by atoms with Gasteiger partial charge in [0, 0.05) is 18.8 Å². The van der Waals surface area contributed by atoms with E-state index in [0.717, 1.165) is 17.7 Å². The molecule has 0 spiro atoms. The maximum Gasteiger partial charge on any atom is 0.410 e. The summed E-state index contributed by atoms with van der Waals surface area (Å²) in [4.78, 5) is 13.4. The molecule has 1 aliphatic rings. The van der Waals surface area contributed by atoms with E-state index in [1.165, 1.54) is 5.56 Å². The zero-order chi connectivity index (χ0) is 12.3. The Bertz CT molecular complexity index is 443. The van der Waals surface area contributed by atoms with Crippen molar-refractivity contribution in [3.05, 3.63) is 42.0 Å². The van der Waals surface area contributed by atoms with Crippen LogP contribution in [0.15, 0.2) is 30.9 Å². The Morgan fingerprint density at radius 2 is 2.35 bits per heavy atom. The van der Waals surface area contributed by atoms with E-state index < -0.39 is 0 Å². The third-order valence-corrected chi connectivity index (χ3v) is 2.83. The Morgan fingerprint density at radius 3 is 3.12 bits per heavy atom. The van der Waals surface area contributed by atoms with Crippen LogP contribution in [0.3, 0.4) is 0 Å². The fourth-order valence-corrected chi connectivity index (χ4v) is 1.95. The molecule has 0 unspecified atom stereocenters. The number of rotatable bonds is 2. The van der Waals surface area contributed by atoms with Gasteiger partial charge in [0.05, 0.1) is 0 Å². The number of amides is 1. The van der Waals surface area contributed by atoms with E-state index in [0.29, 0.717) is 13.1 Å². The van der Waals surface area contributed by atoms with Crippen LogP contribution >= 0.6 is 0 Å². The number of benzene rings is 1. The number of carbonyl (C=O) groups is 1. The van der Waals surface area contributed by atoms with Gasteiger partial charge in [0.25, 0.3) is 0 Å². The summed E-state index contributed by atoms with van der Waals surface area (Å²) in [5.74, 6) is 0. The lowest BCUT2D eigenvalue weighted by atomic mass is 9.99. The predicted octanol–water partition coefficient (Wildman–Crippen LogP) is 1.95. The summed E-state index contributed by atoms with van der Waals surface area (Å²) in [6.07, 6.45) is 2.12. The molecule has 4 nitrogen and oxygen atoms in total.